The van der Waals surface area contributed by atoms with Crippen LogP contribution in [0.1, 0.15) is 21.5 Å². The lowest BCUT2D eigenvalue weighted by Crippen LogP contribution is -2.27. The van der Waals surface area contributed by atoms with Gasteiger partial charge >= 0.3 is 0 Å². The summed E-state index contributed by atoms with van der Waals surface area (Å²) >= 11 is 0. The molecule has 1 aliphatic rings. The number of hydrogen-bond acceptors (Lipinski definition) is 6. The van der Waals surface area contributed by atoms with Gasteiger partial charge in [0.25, 0.3) is 5.91 Å². The van der Waals surface area contributed by atoms with E-state index in [0.29, 0.717) is 41.5 Å². The third kappa shape index (κ3) is 4.24. The van der Waals surface area contributed by atoms with E-state index < -0.39 is 10.0 Å². The van der Waals surface area contributed by atoms with Gasteiger partial charge in [-0.15, -0.1) is 0 Å². The second-order valence-electron chi connectivity index (χ2n) is 6.64. The lowest BCUT2D eigenvalue weighted by atomic mass is 10.1. The number of rotatable bonds is 7. The van der Waals surface area contributed by atoms with Crippen molar-refractivity contribution in [3.05, 3.63) is 47.0 Å². The fraction of sp³-hybridized carbons (Fsp3) is 0.350. The highest BCUT2D eigenvalue weighted by Crippen LogP contribution is 2.38. The SMILES string of the molecule is COc1cc(CNC(=O)c2ccc3c(c2)CCN3S(C)(=O)=O)cc(OC)c1OC. The summed E-state index contributed by atoms with van der Waals surface area (Å²) in [5, 5.41) is 2.87. The summed E-state index contributed by atoms with van der Waals surface area (Å²) in [5.74, 6) is 1.25. The van der Waals surface area contributed by atoms with Crippen LogP contribution in [-0.2, 0) is 23.0 Å². The molecule has 0 bridgehead atoms. The molecule has 2 aromatic carbocycles. The van der Waals surface area contributed by atoms with Crippen LogP contribution in [0.3, 0.4) is 0 Å². The minimum atomic E-state index is -3.32. The molecule has 0 spiro atoms. The van der Waals surface area contributed by atoms with Crippen LogP contribution in [-0.4, -0.2) is 48.5 Å². The number of nitrogens with zero attached hydrogens (tertiary/aromatic N) is 1. The van der Waals surface area contributed by atoms with Crippen LogP contribution < -0.4 is 23.8 Å². The Hall–Kier alpha value is -2.94. The lowest BCUT2D eigenvalue weighted by Gasteiger charge is -2.16. The molecular formula is C20H24N2O6S. The third-order valence-corrected chi connectivity index (χ3v) is 5.95. The Morgan fingerprint density at radius 1 is 1.07 bits per heavy atom. The first kappa shape index (κ1) is 20.8. The van der Waals surface area contributed by atoms with Crippen LogP contribution in [0.15, 0.2) is 30.3 Å². The normalized spacial score (nSPS) is 13.0. The maximum absolute atomic E-state index is 12.6. The molecule has 0 aliphatic carbocycles. The molecule has 29 heavy (non-hydrogen) atoms. The van der Waals surface area contributed by atoms with Crippen molar-refractivity contribution in [3.63, 3.8) is 0 Å². The van der Waals surface area contributed by atoms with E-state index in [9.17, 15) is 13.2 Å². The van der Waals surface area contributed by atoms with Crippen LogP contribution in [0.5, 0.6) is 17.2 Å². The van der Waals surface area contributed by atoms with E-state index in [0.717, 1.165) is 11.1 Å². The van der Waals surface area contributed by atoms with Crippen LogP contribution >= 0.6 is 0 Å². The van der Waals surface area contributed by atoms with Crippen molar-refractivity contribution < 1.29 is 27.4 Å². The molecule has 0 fully saturated rings. The Labute approximate surface area is 170 Å². The molecule has 8 nitrogen and oxygen atoms in total. The number of amides is 1. The largest absolute Gasteiger partial charge is 0.493 e. The van der Waals surface area contributed by atoms with Crippen molar-refractivity contribution in [2.75, 3.05) is 38.4 Å². The van der Waals surface area contributed by atoms with Crippen molar-refractivity contribution in [1.82, 2.24) is 5.32 Å². The van der Waals surface area contributed by atoms with Gasteiger partial charge in [0.05, 0.1) is 33.3 Å². The quantitative estimate of drug-likeness (QED) is 0.736. The zero-order valence-corrected chi connectivity index (χ0v) is 17.6. The van der Waals surface area contributed by atoms with Gasteiger partial charge < -0.3 is 19.5 Å². The lowest BCUT2D eigenvalue weighted by molar-refractivity contribution is 0.0950. The standard InChI is InChI=1S/C20H24N2O6S/c1-26-17-9-13(10-18(27-2)19(17)28-3)12-21-20(23)15-5-6-16-14(11-15)7-8-22(16)29(4,24)25/h5-6,9-11H,7-8,12H2,1-4H3,(H,21,23). The summed E-state index contributed by atoms with van der Waals surface area (Å²) in [4.78, 5) is 12.6. The maximum Gasteiger partial charge on any atom is 0.251 e. The van der Waals surface area contributed by atoms with Crippen molar-refractivity contribution in [2.45, 2.75) is 13.0 Å². The smallest absolute Gasteiger partial charge is 0.251 e. The Balaban J connectivity index is 1.75. The third-order valence-electron chi connectivity index (χ3n) is 4.77. The fourth-order valence-corrected chi connectivity index (χ4v) is 4.34. The number of hydrogen-bond donors (Lipinski definition) is 1. The van der Waals surface area contributed by atoms with Crippen LogP contribution in [0, 0.1) is 0 Å². The van der Waals surface area contributed by atoms with E-state index in [1.54, 1.807) is 30.3 Å². The highest BCUT2D eigenvalue weighted by atomic mass is 32.2. The minimum Gasteiger partial charge on any atom is -0.493 e. The Kier molecular flexibility index (Phi) is 5.88. The van der Waals surface area contributed by atoms with Crippen molar-refractivity contribution in [2.24, 2.45) is 0 Å². The average molecular weight is 420 g/mol. The van der Waals surface area contributed by atoms with Gasteiger partial charge in [-0.25, -0.2) is 8.42 Å². The van der Waals surface area contributed by atoms with Gasteiger partial charge in [-0.1, -0.05) is 0 Å². The molecule has 0 aromatic heterocycles. The summed E-state index contributed by atoms with van der Waals surface area (Å²) in [6.07, 6.45) is 1.76. The number of nitrogens with one attached hydrogen (secondary N) is 1. The molecule has 0 atom stereocenters. The maximum atomic E-state index is 12.6. The zero-order chi connectivity index (χ0) is 21.2. The fourth-order valence-electron chi connectivity index (χ4n) is 3.38. The van der Waals surface area contributed by atoms with Gasteiger partial charge in [0, 0.05) is 18.7 Å². The monoisotopic (exact) mass is 420 g/mol. The second-order valence-corrected chi connectivity index (χ2v) is 8.55. The second kappa shape index (κ2) is 8.20. The first-order valence-corrected chi connectivity index (χ1v) is 10.8. The van der Waals surface area contributed by atoms with Crippen molar-refractivity contribution >= 4 is 21.6 Å². The van der Waals surface area contributed by atoms with E-state index in [4.69, 9.17) is 14.2 Å². The summed E-state index contributed by atoms with van der Waals surface area (Å²) < 4.78 is 41.0. The number of ether oxygens (including phenoxy) is 3. The average Bonchev–Trinajstić information content (AvgIpc) is 3.14. The number of anilines is 1. The van der Waals surface area contributed by atoms with E-state index in [-0.39, 0.29) is 12.5 Å². The molecule has 1 aliphatic heterocycles. The molecule has 1 amide bonds. The number of carbonyl (C=O) groups is 1. The molecule has 0 saturated heterocycles. The Morgan fingerprint density at radius 3 is 2.28 bits per heavy atom. The summed E-state index contributed by atoms with van der Waals surface area (Å²) in [6, 6.07) is 8.60. The number of fused-ring (bicyclic) bond motifs is 1. The van der Waals surface area contributed by atoms with E-state index in [2.05, 4.69) is 5.32 Å². The Bertz CT molecular complexity index is 1010. The van der Waals surface area contributed by atoms with E-state index in [1.165, 1.54) is 31.9 Å². The number of benzene rings is 2. The first-order chi connectivity index (χ1) is 13.8. The molecule has 1 heterocycles. The van der Waals surface area contributed by atoms with Crippen LogP contribution in [0.2, 0.25) is 0 Å². The van der Waals surface area contributed by atoms with Crippen LogP contribution in [0.25, 0.3) is 0 Å². The molecule has 9 heteroatoms. The molecule has 0 radical (unpaired) electrons. The number of methoxy groups -OCH3 is 3. The number of carbonyl (C=O) groups excluding carboxylic acids is 1. The van der Waals surface area contributed by atoms with Crippen LogP contribution in [0.4, 0.5) is 5.69 Å². The van der Waals surface area contributed by atoms with Crippen molar-refractivity contribution in [1.29, 1.82) is 0 Å². The predicted octanol–water partition coefficient (Wildman–Crippen LogP) is 1.96. The molecule has 1 N–H and O–H groups in total. The Morgan fingerprint density at radius 2 is 1.72 bits per heavy atom. The molecule has 3 rings (SSSR count). The molecule has 0 saturated carbocycles. The van der Waals surface area contributed by atoms with E-state index >= 15 is 0 Å². The zero-order valence-electron chi connectivity index (χ0n) is 16.8. The van der Waals surface area contributed by atoms with Crippen molar-refractivity contribution in [3.8, 4) is 17.2 Å². The summed E-state index contributed by atoms with van der Waals surface area (Å²) in [6.45, 7) is 0.659. The number of sulfonamides is 1. The van der Waals surface area contributed by atoms with E-state index in [1.807, 2.05) is 0 Å². The van der Waals surface area contributed by atoms with Gasteiger partial charge in [0.1, 0.15) is 0 Å². The van der Waals surface area contributed by atoms with Gasteiger partial charge in [-0.05, 0) is 47.9 Å². The highest BCUT2D eigenvalue weighted by Gasteiger charge is 2.26. The summed E-state index contributed by atoms with van der Waals surface area (Å²) in [7, 11) is 1.28. The first-order valence-electron chi connectivity index (χ1n) is 8.96. The van der Waals surface area contributed by atoms with Gasteiger partial charge in [-0.3, -0.25) is 9.10 Å². The van der Waals surface area contributed by atoms with Gasteiger partial charge in [0.15, 0.2) is 11.5 Å². The predicted molar refractivity (Wildman–Crippen MR) is 110 cm³/mol. The molecule has 2 aromatic rings. The summed E-state index contributed by atoms with van der Waals surface area (Å²) in [5.41, 5.74) is 2.74. The molecule has 0 unspecified atom stereocenters. The van der Waals surface area contributed by atoms with Gasteiger partial charge in [0.2, 0.25) is 15.8 Å². The molecular weight excluding hydrogens is 396 g/mol. The molecule has 156 valence electrons. The topological polar surface area (TPSA) is 94.2 Å². The minimum absolute atomic E-state index is 0.251. The highest BCUT2D eigenvalue weighted by molar-refractivity contribution is 7.92. The van der Waals surface area contributed by atoms with Gasteiger partial charge in [-0.2, -0.15) is 0 Å².